The van der Waals surface area contributed by atoms with Crippen LogP contribution in [0.3, 0.4) is 0 Å². The molecule has 1 heterocycles. The van der Waals surface area contributed by atoms with Crippen LogP contribution in [-0.2, 0) is 14.3 Å². The molecule has 1 aliphatic heterocycles. The van der Waals surface area contributed by atoms with E-state index in [1.165, 1.54) is 4.90 Å². The van der Waals surface area contributed by atoms with E-state index in [-0.39, 0.29) is 24.3 Å². The molecule has 0 aliphatic carbocycles. The Labute approximate surface area is 246 Å². The summed E-state index contributed by atoms with van der Waals surface area (Å²) in [7, 11) is 0. The molecule has 1 aliphatic rings. The molecule has 5 rings (SSSR count). The van der Waals surface area contributed by atoms with Crippen molar-refractivity contribution in [3.63, 3.8) is 0 Å². The van der Waals surface area contributed by atoms with Gasteiger partial charge in [0.25, 0.3) is 5.91 Å². The van der Waals surface area contributed by atoms with Gasteiger partial charge in [-0.1, -0.05) is 74.0 Å². The van der Waals surface area contributed by atoms with Gasteiger partial charge < -0.3 is 14.4 Å². The molecule has 0 atom stereocenters. The van der Waals surface area contributed by atoms with Gasteiger partial charge in [0.15, 0.2) is 5.76 Å². The minimum atomic E-state index is -0.474. The molecule has 0 bridgehead atoms. The summed E-state index contributed by atoms with van der Waals surface area (Å²) < 4.78 is 11.2. The average Bonchev–Trinajstić information content (AvgIpc) is 3.31. The number of para-hydroxylation sites is 3. The molecule has 212 valence electrons. The molecule has 4 aromatic carbocycles. The summed E-state index contributed by atoms with van der Waals surface area (Å²) in [6, 6.07) is 35.3. The Balaban J connectivity index is 1.45. The van der Waals surface area contributed by atoms with Crippen molar-refractivity contribution in [2.24, 2.45) is 4.99 Å². The molecule has 42 heavy (non-hydrogen) atoms. The second kappa shape index (κ2) is 13.5. The molecule has 0 N–H and O–H groups in total. The highest BCUT2D eigenvalue weighted by molar-refractivity contribution is 6.12. The maximum Gasteiger partial charge on any atom is 0.340 e. The first kappa shape index (κ1) is 28.4. The first-order valence-corrected chi connectivity index (χ1v) is 14.2. The highest BCUT2D eigenvalue weighted by Crippen LogP contribution is 2.34. The zero-order valence-electron chi connectivity index (χ0n) is 23.8. The Morgan fingerprint density at radius 3 is 2.05 bits per heavy atom. The fraction of sp³-hybridized carbons (Fsp3) is 0.171. The lowest BCUT2D eigenvalue weighted by molar-refractivity contribution is -0.122. The standard InChI is InChI=1S/C35H33N3O4/c1-3-5-24-37-33(39)32(42-35(37)36-31-19-13-12-18-30(31)34(40)41-4-2)25-26-20-22-29(23-21-26)38(27-14-8-6-9-15-27)28-16-10-7-11-17-28/h6-23,25H,3-5,24H2,1-2H3/b32-25+,36-35?. The zero-order valence-corrected chi connectivity index (χ0v) is 23.8. The second-order valence-corrected chi connectivity index (χ2v) is 9.65. The summed E-state index contributed by atoms with van der Waals surface area (Å²) in [4.78, 5) is 34.2. The molecule has 0 spiro atoms. The van der Waals surface area contributed by atoms with Crippen molar-refractivity contribution in [1.29, 1.82) is 0 Å². The number of benzene rings is 4. The molecule has 0 unspecified atom stereocenters. The van der Waals surface area contributed by atoms with Gasteiger partial charge in [-0.3, -0.25) is 9.69 Å². The van der Waals surface area contributed by atoms with E-state index in [1.807, 2.05) is 60.7 Å². The van der Waals surface area contributed by atoms with Crippen LogP contribution in [0.4, 0.5) is 22.7 Å². The van der Waals surface area contributed by atoms with Crippen LogP contribution in [0.5, 0.6) is 0 Å². The molecule has 7 heteroatoms. The smallest absolute Gasteiger partial charge is 0.340 e. The van der Waals surface area contributed by atoms with Gasteiger partial charge in [0.2, 0.25) is 0 Å². The van der Waals surface area contributed by atoms with E-state index in [1.54, 1.807) is 37.3 Å². The lowest BCUT2D eigenvalue weighted by Gasteiger charge is -2.25. The van der Waals surface area contributed by atoms with Crippen LogP contribution in [0.15, 0.2) is 120 Å². The summed E-state index contributed by atoms with van der Waals surface area (Å²) in [5, 5.41) is 0. The number of hydrogen-bond acceptors (Lipinski definition) is 6. The topological polar surface area (TPSA) is 71.4 Å². The number of carbonyl (C=O) groups excluding carboxylic acids is 2. The summed E-state index contributed by atoms with van der Waals surface area (Å²) in [5.74, 6) is -0.568. The maximum absolute atomic E-state index is 13.4. The minimum Gasteiger partial charge on any atom is -0.462 e. The Bertz CT molecular complexity index is 1540. The number of esters is 1. The molecule has 7 nitrogen and oxygen atoms in total. The van der Waals surface area contributed by atoms with E-state index in [0.717, 1.165) is 35.5 Å². The second-order valence-electron chi connectivity index (χ2n) is 9.65. The zero-order chi connectivity index (χ0) is 29.3. The van der Waals surface area contributed by atoms with E-state index >= 15 is 0 Å². The van der Waals surface area contributed by atoms with Crippen molar-refractivity contribution in [3.8, 4) is 0 Å². The van der Waals surface area contributed by atoms with E-state index in [2.05, 4.69) is 41.1 Å². The molecule has 0 radical (unpaired) electrons. The molecule has 1 amide bonds. The first-order valence-electron chi connectivity index (χ1n) is 14.2. The van der Waals surface area contributed by atoms with Gasteiger partial charge in [0, 0.05) is 23.6 Å². The van der Waals surface area contributed by atoms with Crippen LogP contribution < -0.4 is 4.90 Å². The van der Waals surface area contributed by atoms with Crippen molar-refractivity contribution >= 4 is 46.7 Å². The van der Waals surface area contributed by atoms with Gasteiger partial charge in [0.1, 0.15) is 0 Å². The monoisotopic (exact) mass is 559 g/mol. The molecular formula is C35H33N3O4. The van der Waals surface area contributed by atoms with Crippen LogP contribution >= 0.6 is 0 Å². The van der Waals surface area contributed by atoms with Crippen LogP contribution in [0.25, 0.3) is 6.08 Å². The van der Waals surface area contributed by atoms with Crippen molar-refractivity contribution in [3.05, 3.63) is 126 Å². The van der Waals surface area contributed by atoms with Gasteiger partial charge in [0.05, 0.1) is 17.9 Å². The number of nitrogens with zero attached hydrogens (tertiary/aromatic N) is 3. The summed E-state index contributed by atoms with van der Waals surface area (Å²) in [6.07, 6.45) is 3.40. The lowest BCUT2D eigenvalue weighted by Crippen LogP contribution is -2.30. The third-order valence-corrected chi connectivity index (χ3v) is 6.72. The van der Waals surface area contributed by atoms with Gasteiger partial charge in [-0.2, -0.15) is 4.99 Å². The van der Waals surface area contributed by atoms with Crippen molar-refractivity contribution in [2.75, 3.05) is 18.1 Å². The Hall–Kier alpha value is -5.17. The fourth-order valence-corrected chi connectivity index (χ4v) is 4.63. The van der Waals surface area contributed by atoms with E-state index in [4.69, 9.17) is 9.47 Å². The number of hydrogen-bond donors (Lipinski definition) is 0. The number of amidine groups is 1. The highest BCUT2D eigenvalue weighted by Gasteiger charge is 2.34. The van der Waals surface area contributed by atoms with E-state index in [9.17, 15) is 9.59 Å². The van der Waals surface area contributed by atoms with Gasteiger partial charge >= 0.3 is 12.0 Å². The number of aliphatic imine (C=N–C) groups is 1. The number of ether oxygens (including phenoxy) is 2. The largest absolute Gasteiger partial charge is 0.462 e. The Kier molecular flexibility index (Phi) is 9.09. The van der Waals surface area contributed by atoms with E-state index in [0.29, 0.717) is 17.8 Å². The van der Waals surface area contributed by atoms with Crippen molar-refractivity contribution in [1.82, 2.24) is 4.90 Å². The number of anilines is 3. The number of rotatable bonds is 10. The summed E-state index contributed by atoms with van der Waals surface area (Å²) in [5.41, 5.74) is 4.57. The lowest BCUT2D eigenvalue weighted by atomic mass is 10.1. The quantitative estimate of drug-likeness (QED) is 0.145. The number of amides is 1. The normalized spacial score (nSPS) is 14.7. The van der Waals surface area contributed by atoms with Crippen molar-refractivity contribution in [2.45, 2.75) is 26.7 Å². The maximum atomic E-state index is 13.4. The van der Waals surface area contributed by atoms with Gasteiger partial charge in [-0.05, 0) is 73.5 Å². The number of carbonyl (C=O) groups is 2. The minimum absolute atomic E-state index is 0.146. The fourth-order valence-electron chi connectivity index (χ4n) is 4.63. The Morgan fingerprint density at radius 1 is 0.833 bits per heavy atom. The highest BCUT2D eigenvalue weighted by atomic mass is 16.5. The van der Waals surface area contributed by atoms with Crippen LogP contribution in [0, 0.1) is 0 Å². The molecule has 0 saturated carbocycles. The van der Waals surface area contributed by atoms with Crippen molar-refractivity contribution < 1.29 is 19.1 Å². The molecule has 1 saturated heterocycles. The van der Waals surface area contributed by atoms with Gasteiger partial charge in [-0.15, -0.1) is 0 Å². The number of unbranched alkanes of at least 4 members (excludes halogenated alkanes) is 1. The predicted molar refractivity (Wildman–Crippen MR) is 166 cm³/mol. The molecular weight excluding hydrogens is 526 g/mol. The first-order chi connectivity index (χ1) is 20.6. The predicted octanol–water partition coefficient (Wildman–Crippen LogP) is 8.02. The third-order valence-electron chi connectivity index (χ3n) is 6.72. The van der Waals surface area contributed by atoms with Gasteiger partial charge in [-0.25, -0.2) is 4.79 Å². The van der Waals surface area contributed by atoms with Crippen LogP contribution in [0.2, 0.25) is 0 Å². The summed E-state index contributed by atoms with van der Waals surface area (Å²) >= 11 is 0. The van der Waals surface area contributed by atoms with Crippen LogP contribution in [0.1, 0.15) is 42.6 Å². The SMILES string of the molecule is CCCCN1C(=O)/C(=C\c2ccc(N(c3ccccc3)c3ccccc3)cc2)OC1=Nc1ccccc1C(=O)OCC. The summed E-state index contributed by atoms with van der Waals surface area (Å²) in [6.45, 7) is 4.51. The van der Waals surface area contributed by atoms with E-state index < -0.39 is 5.97 Å². The molecule has 4 aromatic rings. The molecule has 0 aromatic heterocycles. The molecule has 1 fully saturated rings. The third kappa shape index (κ3) is 6.41. The Morgan fingerprint density at radius 2 is 1.43 bits per heavy atom. The van der Waals surface area contributed by atoms with Crippen LogP contribution in [-0.4, -0.2) is 35.9 Å². The average molecular weight is 560 g/mol.